The first kappa shape index (κ1) is 11.5. The van der Waals surface area contributed by atoms with E-state index in [1.165, 1.54) is 0 Å². The summed E-state index contributed by atoms with van der Waals surface area (Å²) in [6, 6.07) is -0.389. The number of nitrogens with zero attached hydrogens (tertiary/aromatic N) is 2. The lowest BCUT2D eigenvalue weighted by Gasteiger charge is -2.40. The molecule has 0 bridgehead atoms. The number of nitrogens with two attached hydrogens (primary N) is 1. The molecule has 2 heterocycles. The van der Waals surface area contributed by atoms with Crippen molar-refractivity contribution in [2.45, 2.75) is 44.4 Å². The van der Waals surface area contributed by atoms with Crippen LogP contribution in [0, 0.1) is 5.92 Å². The van der Waals surface area contributed by atoms with Crippen LogP contribution in [-0.2, 0) is 10.3 Å². The highest BCUT2D eigenvalue weighted by Gasteiger charge is 2.45. The van der Waals surface area contributed by atoms with Gasteiger partial charge in [-0.1, -0.05) is 6.92 Å². The molecule has 18 heavy (non-hydrogen) atoms. The number of ether oxygens (including phenoxy) is 1. The fourth-order valence-electron chi connectivity index (χ4n) is 2.70. The van der Waals surface area contributed by atoms with Crippen molar-refractivity contribution in [3.05, 3.63) is 11.8 Å². The van der Waals surface area contributed by atoms with E-state index < -0.39 is 11.6 Å². The standard InChI is InChI=1S/C11H16N4O3/c1-5-3-11(12,4-5)9-15-14-8(18-9)7-6(2)17-10(16)13-7/h5-7H,3-4,12H2,1-2H3,(H,13,16)/t5-,6-,7+,11-/m1/s1. The third kappa shape index (κ3) is 1.66. The molecular weight excluding hydrogens is 236 g/mol. The molecule has 1 aromatic rings. The summed E-state index contributed by atoms with van der Waals surface area (Å²) >= 11 is 0. The number of nitrogens with one attached hydrogen (secondary N) is 1. The fourth-order valence-corrected chi connectivity index (χ4v) is 2.70. The van der Waals surface area contributed by atoms with Crippen LogP contribution in [0.15, 0.2) is 4.42 Å². The molecule has 0 radical (unpaired) electrons. The van der Waals surface area contributed by atoms with Crippen molar-refractivity contribution < 1.29 is 13.9 Å². The number of rotatable bonds is 2. The molecule has 1 aliphatic carbocycles. The second kappa shape index (κ2) is 3.68. The maximum Gasteiger partial charge on any atom is 0.408 e. The zero-order valence-electron chi connectivity index (χ0n) is 10.3. The highest BCUT2D eigenvalue weighted by molar-refractivity contribution is 5.70. The SMILES string of the molecule is C[C@H]1OC(=O)N[C@@H]1c1nnc([C@]2(N)C[C@H](C)C2)o1. The molecule has 98 valence electrons. The first-order valence-corrected chi connectivity index (χ1v) is 6.08. The number of alkyl carbamates (subject to hydrolysis) is 1. The number of carbonyl (C=O) groups is 1. The van der Waals surface area contributed by atoms with Gasteiger partial charge in [0.2, 0.25) is 11.8 Å². The van der Waals surface area contributed by atoms with Crippen LogP contribution >= 0.6 is 0 Å². The summed E-state index contributed by atoms with van der Waals surface area (Å²) < 4.78 is 10.6. The molecule has 2 atom stereocenters. The van der Waals surface area contributed by atoms with Crippen molar-refractivity contribution in [1.82, 2.24) is 15.5 Å². The van der Waals surface area contributed by atoms with Crippen LogP contribution in [0.4, 0.5) is 4.79 Å². The second-order valence-corrected chi connectivity index (χ2v) is 5.35. The number of cyclic esters (lactones) is 1. The summed E-state index contributed by atoms with van der Waals surface area (Å²) in [6.45, 7) is 3.91. The third-order valence-electron chi connectivity index (χ3n) is 3.59. The molecule has 1 amide bonds. The summed E-state index contributed by atoms with van der Waals surface area (Å²) in [7, 11) is 0. The molecule has 0 aromatic carbocycles. The van der Waals surface area contributed by atoms with Crippen LogP contribution in [0.25, 0.3) is 0 Å². The molecule has 1 saturated heterocycles. The highest BCUT2D eigenvalue weighted by Crippen LogP contribution is 2.42. The Hall–Kier alpha value is -1.63. The average Bonchev–Trinajstić information content (AvgIpc) is 2.82. The van der Waals surface area contributed by atoms with Crippen molar-refractivity contribution in [3.8, 4) is 0 Å². The monoisotopic (exact) mass is 252 g/mol. The quantitative estimate of drug-likeness (QED) is 0.807. The van der Waals surface area contributed by atoms with Gasteiger partial charge in [0, 0.05) is 0 Å². The molecule has 3 rings (SSSR count). The summed E-state index contributed by atoms with van der Waals surface area (Å²) in [4.78, 5) is 11.1. The molecular formula is C11H16N4O3. The van der Waals surface area contributed by atoms with Crippen LogP contribution in [0.3, 0.4) is 0 Å². The minimum Gasteiger partial charge on any atom is -0.444 e. The largest absolute Gasteiger partial charge is 0.444 e. The Morgan fingerprint density at radius 2 is 2.11 bits per heavy atom. The third-order valence-corrected chi connectivity index (χ3v) is 3.59. The number of amides is 1. The van der Waals surface area contributed by atoms with Crippen molar-refractivity contribution in [3.63, 3.8) is 0 Å². The van der Waals surface area contributed by atoms with Gasteiger partial charge < -0.3 is 20.2 Å². The molecule has 1 aliphatic heterocycles. The van der Waals surface area contributed by atoms with Gasteiger partial charge in [-0.05, 0) is 25.7 Å². The van der Waals surface area contributed by atoms with Crippen LogP contribution in [0.1, 0.15) is 44.5 Å². The van der Waals surface area contributed by atoms with Crippen molar-refractivity contribution >= 4 is 6.09 Å². The zero-order valence-corrected chi connectivity index (χ0v) is 10.3. The average molecular weight is 252 g/mol. The Balaban J connectivity index is 1.80. The lowest BCUT2D eigenvalue weighted by atomic mass is 9.70. The fraction of sp³-hybridized carbons (Fsp3) is 0.727. The zero-order chi connectivity index (χ0) is 12.9. The van der Waals surface area contributed by atoms with E-state index >= 15 is 0 Å². The molecule has 3 N–H and O–H groups in total. The van der Waals surface area contributed by atoms with Gasteiger partial charge in [-0.3, -0.25) is 0 Å². The number of aromatic nitrogens is 2. The Morgan fingerprint density at radius 3 is 2.67 bits per heavy atom. The maximum absolute atomic E-state index is 11.1. The summed E-state index contributed by atoms with van der Waals surface area (Å²) in [5.74, 6) is 1.38. The Morgan fingerprint density at radius 1 is 1.39 bits per heavy atom. The summed E-state index contributed by atoms with van der Waals surface area (Å²) in [6.07, 6.45) is 0.905. The molecule has 0 spiro atoms. The van der Waals surface area contributed by atoms with Gasteiger partial charge >= 0.3 is 6.09 Å². The predicted molar refractivity (Wildman–Crippen MR) is 60.4 cm³/mol. The molecule has 2 aliphatic rings. The van der Waals surface area contributed by atoms with E-state index in [0.29, 0.717) is 17.7 Å². The lowest BCUT2D eigenvalue weighted by Crippen LogP contribution is -2.48. The van der Waals surface area contributed by atoms with E-state index in [9.17, 15) is 4.79 Å². The van der Waals surface area contributed by atoms with Gasteiger partial charge in [0.25, 0.3) is 0 Å². The molecule has 7 nitrogen and oxygen atoms in total. The van der Waals surface area contributed by atoms with Gasteiger partial charge in [-0.25, -0.2) is 4.79 Å². The van der Waals surface area contributed by atoms with Gasteiger partial charge in [-0.15, -0.1) is 10.2 Å². The summed E-state index contributed by atoms with van der Waals surface area (Å²) in [5, 5.41) is 10.6. The van der Waals surface area contributed by atoms with E-state index in [1.807, 2.05) is 0 Å². The van der Waals surface area contributed by atoms with Gasteiger partial charge in [-0.2, -0.15) is 0 Å². The normalized spacial score (nSPS) is 39.1. The van der Waals surface area contributed by atoms with E-state index in [4.69, 9.17) is 14.9 Å². The van der Waals surface area contributed by atoms with Crippen LogP contribution in [0.5, 0.6) is 0 Å². The number of carbonyl (C=O) groups excluding carboxylic acids is 1. The van der Waals surface area contributed by atoms with Crippen LogP contribution in [-0.4, -0.2) is 22.4 Å². The number of hydrogen-bond acceptors (Lipinski definition) is 6. The molecule has 2 fully saturated rings. The molecule has 7 heteroatoms. The second-order valence-electron chi connectivity index (χ2n) is 5.35. The minimum atomic E-state index is -0.503. The smallest absolute Gasteiger partial charge is 0.408 e. The topological polar surface area (TPSA) is 103 Å². The van der Waals surface area contributed by atoms with Crippen molar-refractivity contribution in [2.75, 3.05) is 0 Å². The number of hydrogen-bond donors (Lipinski definition) is 2. The lowest BCUT2D eigenvalue weighted by molar-refractivity contribution is 0.120. The predicted octanol–water partition coefficient (Wildman–Crippen LogP) is 0.823. The van der Waals surface area contributed by atoms with Gasteiger partial charge in [0.05, 0.1) is 5.54 Å². The maximum atomic E-state index is 11.1. The van der Waals surface area contributed by atoms with Crippen LogP contribution in [0.2, 0.25) is 0 Å². The Kier molecular flexibility index (Phi) is 2.34. The first-order chi connectivity index (χ1) is 8.48. The molecule has 1 saturated carbocycles. The van der Waals surface area contributed by atoms with Gasteiger partial charge in [0.1, 0.15) is 12.1 Å². The van der Waals surface area contributed by atoms with Crippen molar-refractivity contribution in [2.24, 2.45) is 11.7 Å². The molecule has 0 unspecified atom stereocenters. The van der Waals surface area contributed by atoms with Gasteiger partial charge in [0.15, 0.2) is 0 Å². The summed E-state index contributed by atoms with van der Waals surface area (Å²) in [5.41, 5.74) is 5.67. The van der Waals surface area contributed by atoms with E-state index in [0.717, 1.165) is 12.8 Å². The Bertz CT molecular complexity index is 480. The minimum absolute atomic E-state index is 0.320. The highest BCUT2D eigenvalue weighted by atomic mass is 16.6. The first-order valence-electron chi connectivity index (χ1n) is 6.08. The Labute approximate surface area is 104 Å². The van der Waals surface area contributed by atoms with Crippen LogP contribution < -0.4 is 11.1 Å². The van der Waals surface area contributed by atoms with E-state index in [2.05, 4.69) is 22.4 Å². The van der Waals surface area contributed by atoms with E-state index in [-0.39, 0.29) is 12.1 Å². The van der Waals surface area contributed by atoms with Crippen molar-refractivity contribution in [1.29, 1.82) is 0 Å². The van der Waals surface area contributed by atoms with E-state index in [1.54, 1.807) is 6.92 Å². The molecule has 1 aromatic heterocycles.